The maximum Gasteiger partial charge on any atom is 0.303 e. The first-order valence-electron chi connectivity index (χ1n) is 6.17. The van der Waals surface area contributed by atoms with Crippen LogP contribution in [0.25, 0.3) is 0 Å². The van der Waals surface area contributed by atoms with Crippen LogP contribution in [0, 0.1) is 5.92 Å². The highest BCUT2D eigenvalue weighted by Gasteiger charge is 2.28. The maximum absolute atomic E-state index is 11.7. The predicted molar refractivity (Wildman–Crippen MR) is 62.6 cm³/mol. The van der Waals surface area contributed by atoms with E-state index in [4.69, 9.17) is 9.84 Å². The van der Waals surface area contributed by atoms with Gasteiger partial charge in [0.2, 0.25) is 5.91 Å². The van der Waals surface area contributed by atoms with Gasteiger partial charge in [-0.25, -0.2) is 0 Å². The van der Waals surface area contributed by atoms with Crippen LogP contribution in [0.15, 0.2) is 0 Å². The molecule has 1 aliphatic heterocycles. The van der Waals surface area contributed by atoms with Crippen LogP contribution in [0.3, 0.4) is 0 Å². The fourth-order valence-electron chi connectivity index (χ4n) is 1.96. The van der Waals surface area contributed by atoms with Crippen molar-refractivity contribution in [1.29, 1.82) is 0 Å². The minimum Gasteiger partial charge on any atom is -0.481 e. The Balaban J connectivity index is 2.28. The number of nitrogens with one attached hydrogen (secondary N) is 1. The fraction of sp³-hybridized carbons (Fsp3) is 0.833. The molecule has 5 nitrogen and oxygen atoms in total. The van der Waals surface area contributed by atoms with Crippen LogP contribution in [0.1, 0.15) is 39.5 Å². The monoisotopic (exact) mass is 243 g/mol. The van der Waals surface area contributed by atoms with Crippen molar-refractivity contribution < 1.29 is 19.4 Å². The highest BCUT2D eigenvalue weighted by atomic mass is 16.5. The zero-order chi connectivity index (χ0) is 12.8. The van der Waals surface area contributed by atoms with Crippen LogP contribution < -0.4 is 5.32 Å². The number of carbonyl (C=O) groups is 2. The molecule has 98 valence electrons. The Hall–Kier alpha value is -1.10. The Kier molecular flexibility index (Phi) is 5.41. The van der Waals surface area contributed by atoms with Crippen molar-refractivity contribution in [3.05, 3.63) is 0 Å². The van der Waals surface area contributed by atoms with Crippen molar-refractivity contribution in [2.75, 3.05) is 6.54 Å². The van der Waals surface area contributed by atoms with Gasteiger partial charge in [0.25, 0.3) is 0 Å². The van der Waals surface area contributed by atoms with E-state index >= 15 is 0 Å². The molecule has 0 aromatic heterocycles. The Labute approximate surface area is 102 Å². The smallest absolute Gasteiger partial charge is 0.303 e. The third kappa shape index (κ3) is 4.73. The molecule has 0 aromatic rings. The third-order valence-corrected chi connectivity index (χ3v) is 3.13. The SMILES string of the molecule is CCC(CNC(=O)C1CCC(C)O1)CC(=O)O. The molecule has 0 spiro atoms. The van der Waals surface area contributed by atoms with Crippen LogP contribution >= 0.6 is 0 Å². The first-order chi connectivity index (χ1) is 8.02. The first kappa shape index (κ1) is 14.0. The van der Waals surface area contributed by atoms with E-state index in [9.17, 15) is 9.59 Å². The fourth-order valence-corrected chi connectivity index (χ4v) is 1.96. The van der Waals surface area contributed by atoms with E-state index in [2.05, 4.69) is 5.32 Å². The van der Waals surface area contributed by atoms with Crippen molar-refractivity contribution in [1.82, 2.24) is 5.32 Å². The number of carboxylic acids is 1. The van der Waals surface area contributed by atoms with E-state index in [1.165, 1.54) is 0 Å². The van der Waals surface area contributed by atoms with Gasteiger partial charge in [-0.3, -0.25) is 9.59 Å². The molecule has 1 saturated heterocycles. The molecule has 5 heteroatoms. The minimum atomic E-state index is -0.822. The number of hydrogen-bond donors (Lipinski definition) is 2. The number of ether oxygens (including phenoxy) is 1. The molecular weight excluding hydrogens is 222 g/mol. The highest BCUT2D eigenvalue weighted by Crippen LogP contribution is 2.19. The summed E-state index contributed by atoms with van der Waals surface area (Å²) in [4.78, 5) is 22.3. The second-order valence-electron chi connectivity index (χ2n) is 4.63. The molecule has 3 unspecified atom stereocenters. The lowest BCUT2D eigenvalue weighted by Gasteiger charge is -2.16. The Morgan fingerprint density at radius 2 is 2.18 bits per heavy atom. The lowest BCUT2D eigenvalue weighted by atomic mass is 10.0. The van der Waals surface area contributed by atoms with Crippen molar-refractivity contribution >= 4 is 11.9 Å². The number of carbonyl (C=O) groups excluding carboxylic acids is 1. The van der Waals surface area contributed by atoms with E-state index < -0.39 is 5.97 Å². The number of rotatable bonds is 6. The van der Waals surface area contributed by atoms with Crippen LogP contribution in [0.5, 0.6) is 0 Å². The second kappa shape index (κ2) is 6.59. The summed E-state index contributed by atoms with van der Waals surface area (Å²) >= 11 is 0. The number of hydrogen-bond acceptors (Lipinski definition) is 3. The van der Waals surface area contributed by atoms with Crippen LogP contribution in [0.2, 0.25) is 0 Å². The van der Waals surface area contributed by atoms with E-state index in [-0.39, 0.29) is 30.5 Å². The van der Waals surface area contributed by atoms with Crippen molar-refractivity contribution in [3.8, 4) is 0 Å². The Morgan fingerprint density at radius 3 is 2.65 bits per heavy atom. The molecule has 1 rings (SSSR count). The first-order valence-corrected chi connectivity index (χ1v) is 6.17. The standard InChI is InChI=1S/C12H21NO4/c1-3-9(6-11(14)15)7-13-12(16)10-5-4-8(2)17-10/h8-10H,3-7H2,1-2H3,(H,13,16)(H,14,15). The van der Waals surface area contributed by atoms with Gasteiger partial charge in [-0.05, 0) is 25.7 Å². The molecule has 1 aliphatic rings. The molecule has 17 heavy (non-hydrogen) atoms. The topological polar surface area (TPSA) is 75.6 Å². The predicted octanol–water partition coefficient (Wildman–Crippen LogP) is 1.17. The molecule has 1 amide bonds. The van der Waals surface area contributed by atoms with E-state index in [1.54, 1.807) is 0 Å². The Bertz CT molecular complexity index is 280. The second-order valence-corrected chi connectivity index (χ2v) is 4.63. The van der Waals surface area contributed by atoms with Crippen LogP contribution in [0.4, 0.5) is 0 Å². The summed E-state index contributed by atoms with van der Waals surface area (Å²) in [5, 5.41) is 11.5. The number of amides is 1. The Morgan fingerprint density at radius 1 is 1.47 bits per heavy atom. The molecule has 1 fully saturated rings. The van der Waals surface area contributed by atoms with Crippen molar-refractivity contribution in [2.24, 2.45) is 5.92 Å². The molecule has 3 atom stereocenters. The third-order valence-electron chi connectivity index (χ3n) is 3.13. The lowest BCUT2D eigenvalue weighted by Crippen LogP contribution is -2.37. The summed E-state index contributed by atoms with van der Waals surface area (Å²) in [5.74, 6) is -0.940. The summed E-state index contributed by atoms with van der Waals surface area (Å²) in [7, 11) is 0. The zero-order valence-electron chi connectivity index (χ0n) is 10.4. The van der Waals surface area contributed by atoms with E-state index in [0.717, 1.165) is 19.3 Å². The number of carboxylic acid groups (broad SMARTS) is 1. The highest BCUT2D eigenvalue weighted by molar-refractivity contribution is 5.81. The summed E-state index contributed by atoms with van der Waals surface area (Å²) in [5.41, 5.74) is 0. The quantitative estimate of drug-likeness (QED) is 0.734. The maximum atomic E-state index is 11.7. The largest absolute Gasteiger partial charge is 0.481 e. The van der Waals surface area contributed by atoms with Gasteiger partial charge in [-0.1, -0.05) is 13.3 Å². The van der Waals surface area contributed by atoms with Gasteiger partial charge in [0, 0.05) is 13.0 Å². The average Bonchev–Trinajstić information content (AvgIpc) is 2.70. The van der Waals surface area contributed by atoms with Gasteiger partial charge in [-0.15, -0.1) is 0 Å². The number of aliphatic carboxylic acids is 1. The summed E-state index contributed by atoms with van der Waals surface area (Å²) in [6, 6.07) is 0. The van der Waals surface area contributed by atoms with Crippen LogP contribution in [-0.4, -0.2) is 35.7 Å². The van der Waals surface area contributed by atoms with Gasteiger partial charge in [0.05, 0.1) is 6.10 Å². The lowest BCUT2D eigenvalue weighted by molar-refractivity contribution is -0.138. The van der Waals surface area contributed by atoms with Crippen molar-refractivity contribution in [2.45, 2.75) is 51.7 Å². The summed E-state index contributed by atoms with van der Waals surface area (Å²) in [6.07, 6.45) is 2.29. The average molecular weight is 243 g/mol. The molecule has 1 heterocycles. The molecular formula is C12H21NO4. The van der Waals surface area contributed by atoms with Gasteiger partial charge in [0.15, 0.2) is 0 Å². The van der Waals surface area contributed by atoms with Gasteiger partial charge in [-0.2, -0.15) is 0 Å². The molecule has 0 bridgehead atoms. The summed E-state index contributed by atoms with van der Waals surface area (Å²) in [6.45, 7) is 4.29. The molecule has 2 N–H and O–H groups in total. The minimum absolute atomic E-state index is 0.00437. The van der Waals surface area contributed by atoms with Gasteiger partial charge in [0.1, 0.15) is 6.10 Å². The van der Waals surface area contributed by atoms with Gasteiger partial charge >= 0.3 is 5.97 Å². The van der Waals surface area contributed by atoms with Gasteiger partial charge < -0.3 is 15.2 Å². The molecule has 0 aliphatic carbocycles. The molecule has 0 saturated carbocycles. The zero-order valence-corrected chi connectivity index (χ0v) is 10.4. The molecule has 0 aromatic carbocycles. The molecule has 0 radical (unpaired) electrons. The van der Waals surface area contributed by atoms with E-state index in [1.807, 2.05) is 13.8 Å². The normalized spacial score (nSPS) is 25.5. The van der Waals surface area contributed by atoms with E-state index in [0.29, 0.717) is 6.54 Å². The summed E-state index contributed by atoms with van der Waals surface area (Å²) < 4.78 is 5.44. The van der Waals surface area contributed by atoms with Crippen molar-refractivity contribution in [3.63, 3.8) is 0 Å². The van der Waals surface area contributed by atoms with Crippen LogP contribution in [-0.2, 0) is 14.3 Å².